The molecular formula is C19H20ClN5O2. The van der Waals surface area contributed by atoms with Crippen molar-refractivity contribution in [1.82, 2.24) is 14.8 Å². The van der Waals surface area contributed by atoms with E-state index >= 15 is 0 Å². The van der Waals surface area contributed by atoms with E-state index in [1.165, 1.54) is 6.20 Å². The lowest BCUT2D eigenvalue weighted by molar-refractivity contribution is 0.102. The molecule has 2 aromatic heterocycles. The first-order valence-corrected chi connectivity index (χ1v) is 8.71. The van der Waals surface area contributed by atoms with Crippen LogP contribution in [0.15, 0.2) is 42.6 Å². The summed E-state index contributed by atoms with van der Waals surface area (Å²) in [7, 11) is 1.79. The summed E-state index contributed by atoms with van der Waals surface area (Å²) in [5.41, 5.74) is 8.61. The zero-order chi connectivity index (χ0) is 19.6. The quantitative estimate of drug-likeness (QED) is 0.697. The van der Waals surface area contributed by atoms with E-state index < -0.39 is 0 Å². The van der Waals surface area contributed by atoms with Crippen molar-refractivity contribution >= 4 is 29.0 Å². The van der Waals surface area contributed by atoms with Crippen LogP contribution in [0.4, 0.5) is 11.5 Å². The number of nitrogens with zero attached hydrogens (tertiary/aromatic N) is 3. The molecule has 0 aliphatic rings. The topological polar surface area (TPSA) is 95.1 Å². The van der Waals surface area contributed by atoms with Gasteiger partial charge in [-0.15, -0.1) is 0 Å². The SMILES string of the molecule is Cc1cc(C(=O)Nc2cccc(C(C)Oc3cc(Cl)cnc3N)c2)nn1C. The van der Waals surface area contributed by atoms with Gasteiger partial charge in [-0.2, -0.15) is 5.10 Å². The van der Waals surface area contributed by atoms with Gasteiger partial charge in [0.2, 0.25) is 0 Å². The summed E-state index contributed by atoms with van der Waals surface area (Å²) in [6, 6.07) is 10.7. The van der Waals surface area contributed by atoms with Crippen molar-refractivity contribution in [2.45, 2.75) is 20.0 Å². The zero-order valence-corrected chi connectivity index (χ0v) is 16.0. The van der Waals surface area contributed by atoms with Crippen LogP contribution in [0.1, 0.15) is 34.8 Å². The van der Waals surface area contributed by atoms with Gasteiger partial charge in [0, 0.05) is 30.7 Å². The summed E-state index contributed by atoms with van der Waals surface area (Å²) >= 11 is 5.95. The van der Waals surface area contributed by atoms with Gasteiger partial charge in [0.25, 0.3) is 5.91 Å². The van der Waals surface area contributed by atoms with E-state index in [2.05, 4.69) is 15.4 Å². The number of amides is 1. The van der Waals surface area contributed by atoms with Crippen molar-refractivity contribution in [1.29, 1.82) is 0 Å². The molecule has 0 aliphatic heterocycles. The van der Waals surface area contributed by atoms with Crippen LogP contribution in [0.5, 0.6) is 5.75 Å². The predicted octanol–water partition coefficient (Wildman–Crippen LogP) is 3.75. The van der Waals surface area contributed by atoms with Crippen LogP contribution in [0.3, 0.4) is 0 Å². The van der Waals surface area contributed by atoms with Crippen LogP contribution in [0, 0.1) is 6.92 Å². The summed E-state index contributed by atoms with van der Waals surface area (Å²) < 4.78 is 7.53. The number of aromatic nitrogens is 3. The maximum Gasteiger partial charge on any atom is 0.276 e. The molecule has 0 saturated carbocycles. The molecule has 2 heterocycles. The second-order valence-corrected chi connectivity index (χ2v) is 6.61. The number of rotatable bonds is 5. The standard InChI is InChI=1S/C19H20ClN5O2/c1-11-7-16(24-25(11)3)19(26)23-15-6-4-5-13(8-15)12(2)27-17-9-14(20)10-22-18(17)21/h4-10,12H,1-3H3,(H2,21,22)(H,23,26). The second kappa shape index (κ2) is 7.67. The van der Waals surface area contributed by atoms with Gasteiger partial charge in [0.1, 0.15) is 6.10 Å². The molecule has 3 N–H and O–H groups in total. The molecular weight excluding hydrogens is 366 g/mol. The van der Waals surface area contributed by atoms with Gasteiger partial charge in [0.05, 0.1) is 5.02 Å². The molecule has 0 radical (unpaired) electrons. The summed E-state index contributed by atoms with van der Waals surface area (Å²) in [5, 5.41) is 7.48. The van der Waals surface area contributed by atoms with Crippen molar-refractivity contribution < 1.29 is 9.53 Å². The molecule has 3 aromatic rings. The van der Waals surface area contributed by atoms with Gasteiger partial charge in [-0.05, 0) is 37.6 Å². The highest BCUT2D eigenvalue weighted by Crippen LogP contribution is 2.29. The van der Waals surface area contributed by atoms with Crippen LogP contribution >= 0.6 is 11.6 Å². The Morgan fingerprint density at radius 3 is 2.81 bits per heavy atom. The average Bonchev–Trinajstić information content (AvgIpc) is 2.97. The van der Waals surface area contributed by atoms with Crippen LogP contribution in [-0.2, 0) is 7.05 Å². The molecule has 0 fully saturated rings. The number of nitrogens with one attached hydrogen (secondary N) is 1. The largest absolute Gasteiger partial charge is 0.482 e. The number of benzene rings is 1. The number of halogens is 1. The van der Waals surface area contributed by atoms with E-state index in [1.54, 1.807) is 29.9 Å². The third-order valence-corrected chi connectivity index (χ3v) is 4.32. The van der Waals surface area contributed by atoms with E-state index in [0.29, 0.717) is 22.2 Å². The fourth-order valence-electron chi connectivity index (χ4n) is 2.52. The number of aryl methyl sites for hydroxylation is 2. The van der Waals surface area contributed by atoms with Crippen molar-refractivity contribution in [2.75, 3.05) is 11.1 Å². The van der Waals surface area contributed by atoms with Crippen molar-refractivity contribution in [3.8, 4) is 5.75 Å². The van der Waals surface area contributed by atoms with E-state index in [0.717, 1.165) is 11.3 Å². The first kappa shape index (κ1) is 18.7. The minimum Gasteiger partial charge on any atom is -0.482 e. The number of nitrogens with two attached hydrogens (primary N) is 1. The lowest BCUT2D eigenvalue weighted by Gasteiger charge is -2.17. The Labute approximate surface area is 162 Å². The van der Waals surface area contributed by atoms with E-state index in [-0.39, 0.29) is 17.8 Å². The lowest BCUT2D eigenvalue weighted by Crippen LogP contribution is -2.13. The minimum atomic E-state index is -0.318. The first-order chi connectivity index (χ1) is 12.8. The monoisotopic (exact) mass is 385 g/mol. The van der Waals surface area contributed by atoms with Crippen molar-refractivity contribution in [3.05, 3.63) is 64.6 Å². The Morgan fingerprint density at radius 2 is 2.11 bits per heavy atom. The number of hydrogen-bond donors (Lipinski definition) is 2. The van der Waals surface area contributed by atoms with Crippen LogP contribution in [0.25, 0.3) is 0 Å². The maximum atomic E-state index is 12.4. The molecule has 0 spiro atoms. The molecule has 27 heavy (non-hydrogen) atoms. The number of hydrogen-bond acceptors (Lipinski definition) is 5. The third kappa shape index (κ3) is 4.38. The van der Waals surface area contributed by atoms with Crippen molar-refractivity contribution in [2.24, 2.45) is 7.05 Å². The summed E-state index contributed by atoms with van der Waals surface area (Å²) in [5.74, 6) is 0.405. The molecule has 0 saturated heterocycles. The molecule has 1 unspecified atom stereocenters. The Hall–Kier alpha value is -3.06. The summed E-state index contributed by atoms with van der Waals surface area (Å²) in [6.45, 7) is 3.77. The summed E-state index contributed by atoms with van der Waals surface area (Å²) in [4.78, 5) is 16.4. The highest BCUT2D eigenvalue weighted by molar-refractivity contribution is 6.30. The molecule has 1 atom stereocenters. The first-order valence-electron chi connectivity index (χ1n) is 8.33. The number of carbonyl (C=O) groups is 1. The number of nitrogen functional groups attached to an aromatic ring is 1. The van der Waals surface area contributed by atoms with Crippen LogP contribution in [-0.4, -0.2) is 20.7 Å². The number of carbonyl (C=O) groups excluding carboxylic acids is 1. The number of anilines is 2. The Bertz CT molecular complexity index is 966. The maximum absolute atomic E-state index is 12.4. The van der Waals surface area contributed by atoms with Crippen molar-refractivity contribution in [3.63, 3.8) is 0 Å². The van der Waals surface area contributed by atoms with E-state index in [1.807, 2.05) is 32.0 Å². The average molecular weight is 386 g/mol. The minimum absolute atomic E-state index is 0.265. The van der Waals surface area contributed by atoms with E-state index in [9.17, 15) is 4.79 Å². The van der Waals surface area contributed by atoms with Crippen LogP contribution in [0.2, 0.25) is 5.02 Å². The van der Waals surface area contributed by atoms with Gasteiger partial charge in [-0.25, -0.2) is 4.98 Å². The van der Waals surface area contributed by atoms with Gasteiger partial charge in [-0.1, -0.05) is 23.7 Å². The molecule has 7 nitrogen and oxygen atoms in total. The molecule has 1 aromatic carbocycles. The zero-order valence-electron chi connectivity index (χ0n) is 15.2. The highest BCUT2D eigenvalue weighted by Gasteiger charge is 2.14. The molecule has 0 aliphatic carbocycles. The normalized spacial score (nSPS) is 11.9. The highest BCUT2D eigenvalue weighted by atomic mass is 35.5. The van der Waals surface area contributed by atoms with Gasteiger partial charge >= 0.3 is 0 Å². The second-order valence-electron chi connectivity index (χ2n) is 6.17. The molecule has 140 valence electrons. The fraction of sp³-hybridized carbons (Fsp3) is 0.211. The molecule has 1 amide bonds. The Balaban J connectivity index is 1.74. The lowest BCUT2D eigenvalue weighted by atomic mass is 10.1. The molecule has 8 heteroatoms. The number of ether oxygens (including phenoxy) is 1. The fourth-order valence-corrected chi connectivity index (χ4v) is 2.67. The molecule has 0 bridgehead atoms. The van der Waals surface area contributed by atoms with Gasteiger partial charge in [-0.3, -0.25) is 9.48 Å². The van der Waals surface area contributed by atoms with Crippen LogP contribution < -0.4 is 15.8 Å². The van der Waals surface area contributed by atoms with E-state index in [4.69, 9.17) is 22.1 Å². The third-order valence-electron chi connectivity index (χ3n) is 4.11. The Kier molecular flexibility index (Phi) is 5.32. The predicted molar refractivity (Wildman–Crippen MR) is 105 cm³/mol. The Morgan fingerprint density at radius 1 is 1.33 bits per heavy atom. The molecule has 3 rings (SSSR count). The number of pyridine rings is 1. The smallest absolute Gasteiger partial charge is 0.276 e. The summed E-state index contributed by atoms with van der Waals surface area (Å²) in [6.07, 6.45) is 1.14. The van der Waals surface area contributed by atoms with Gasteiger partial charge < -0.3 is 15.8 Å². The van der Waals surface area contributed by atoms with Gasteiger partial charge in [0.15, 0.2) is 17.3 Å².